The van der Waals surface area contributed by atoms with Crippen LogP contribution in [0.4, 0.5) is 0 Å². The van der Waals surface area contributed by atoms with E-state index in [1.807, 2.05) is 0 Å². The summed E-state index contributed by atoms with van der Waals surface area (Å²) in [5, 5.41) is 48.7. The van der Waals surface area contributed by atoms with Gasteiger partial charge in [-0.05, 0) is 47.5 Å². The number of phenols is 4. The van der Waals surface area contributed by atoms with Crippen LogP contribution in [0.5, 0.6) is 23.0 Å². The monoisotopic (exact) mass is 514 g/mol. The fourth-order valence-corrected chi connectivity index (χ4v) is 3.86. The largest absolute Gasteiger partial charge is 0.504 e. The Morgan fingerprint density at radius 3 is 1.59 bits per heavy atom. The number of hydrogen-bond acceptors (Lipinski definition) is 11. The summed E-state index contributed by atoms with van der Waals surface area (Å²) < 4.78 is 15.4. The van der Waals surface area contributed by atoms with Crippen LogP contribution >= 0.6 is 0 Å². The van der Waals surface area contributed by atoms with Crippen molar-refractivity contribution in [2.24, 2.45) is 0 Å². The molecule has 1 saturated carbocycles. The second-order valence-electron chi connectivity index (χ2n) is 8.45. The minimum absolute atomic E-state index is 0.00153. The third kappa shape index (κ3) is 7.24. The Morgan fingerprint density at radius 2 is 1.22 bits per heavy atom. The number of aliphatic hydroxyl groups is 1. The number of phenolic OH excluding ortho intramolecular Hbond substituents is 4. The highest BCUT2D eigenvalue weighted by molar-refractivity contribution is 5.88. The summed E-state index contributed by atoms with van der Waals surface area (Å²) in [4.78, 5) is 36.9. The van der Waals surface area contributed by atoms with Crippen LogP contribution in [0.2, 0.25) is 0 Å². The van der Waals surface area contributed by atoms with Crippen LogP contribution in [0.25, 0.3) is 12.2 Å². The first-order chi connectivity index (χ1) is 17.5. The predicted octanol–water partition coefficient (Wildman–Crippen LogP) is 2.15. The minimum Gasteiger partial charge on any atom is -0.504 e. The highest BCUT2D eigenvalue weighted by Crippen LogP contribution is 2.34. The molecule has 0 amide bonds. The standard InChI is InChI=1S/C26H26O11/c1-35-25(33)26(34)13-17(36-23(31)8-4-15-2-6-19(27)21(29)10-15)12-18(14-26)37-24(32)9-5-16-3-7-20(28)22(30)11-16/h2-11,17-18,27-30,34H,12-14H2,1H3/b8-4+,9-5+/t17-,18-/m0/s1. The average molecular weight is 514 g/mol. The van der Waals surface area contributed by atoms with E-state index in [9.17, 15) is 39.9 Å². The molecule has 11 nitrogen and oxygen atoms in total. The van der Waals surface area contributed by atoms with Crippen LogP contribution in [0, 0.1) is 0 Å². The van der Waals surface area contributed by atoms with Gasteiger partial charge in [-0.15, -0.1) is 0 Å². The van der Waals surface area contributed by atoms with Gasteiger partial charge in [0.15, 0.2) is 28.6 Å². The summed E-state index contributed by atoms with van der Waals surface area (Å²) in [6.45, 7) is 0. The zero-order valence-corrected chi connectivity index (χ0v) is 19.7. The Kier molecular flexibility index (Phi) is 8.41. The van der Waals surface area contributed by atoms with Crippen molar-refractivity contribution in [2.45, 2.75) is 37.1 Å². The molecule has 2 aromatic carbocycles. The van der Waals surface area contributed by atoms with Gasteiger partial charge in [-0.2, -0.15) is 0 Å². The lowest BCUT2D eigenvalue weighted by Crippen LogP contribution is -2.51. The molecule has 2 atom stereocenters. The summed E-state index contributed by atoms with van der Waals surface area (Å²) in [6, 6.07) is 7.87. The van der Waals surface area contributed by atoms with Crippen LogP contribution < -0.4 is 0 Å². The molecule has 37 heavy (non-hydrogen) atoms. The van der Waals surface area contributed by atoms with Gasteiger partial charge in [-0.25, -0.2) is 14.4 Å². The lowest BCUT2D eigenvalue weighted by atomic mass is 9.81. The molecule has 1 fully saturated rings. The van der Waals surface area contributed by atoms with Crippen molar-refractivity contribution in [2.75, 3.05) is 7.11 Å². The van der Waals surface area contributed by atoms with Crippen LogP contribution in [0.3, 0.4) is 0 Å². The van der Waals surface area contributed by atoms with Crippen molar-refractivity contribution in [3.05, 3.63) is 59.7 Å². The van der Waals surface area contributed by atoms with E-state index in [-0.39, 0.29) is 42.3 Å². The molecule has 196 valence electrons. The smallest absolute Gasteiger partial charge is 0.338 e. The first-order valence-electron chi connectivity index (χ1n) is 11.1. The Balaban J connectivity index is 1.67. The average Bonchev–Trinajstić information content (AvgIpc) is 2.84. The molecule has 11 heteroatoms. The predicted molar refractivity (Wildman–Crippen MR) is 128 cm³/mol. The van der Waals surface area contributed by atoms with E-state index in [4.69, 9.17) is 9.47 Å². The summed E-state index contributed by atoms with van der Waals surface area (Å²) in [5.41, 5.74) is -1.26. The van der Waals surface area contributed by atoms with E-state index in [2.05, 4.69) is 4.74 Å². The van der Waals surface area contributed by atoms with E-state index in [1.54, 1.807) is 0 Å². The molecule has 0 bridgehead atoms. The number of ether oxygens (including phenoxy) is 3. The summed E-state index contributed by atoms with van der Waals surface area (Å²) in [5.74, 6) is -3.98. The summed E-state index contributed by atoms with van der Waals surface area (Å²) in [7, 11) is 1.09. The number of carbonyl (C=O) groups is 3. The molecular formula is C26H26O11. The first kappa shape index (κ1) is 27.1. The van der Waals surface area contributed by atoms with Crippen molar-refractivity contribution in [3.8, 4) is 23.0 Å². The zero-order chi connectivity index (χ0) is 27.2. The second-order valence-corrected chi connectivity index (χ2v) is 8.45. The van der Waals surface area contributed by atoms with E-state index in [1.165, 1.54) is 48.6 Å². The molecule has 0 unspecified atom stereocenters. The van der Waals surface area contributed by atoms with Crippen molar-refractivity contribution in [1.29, 1.82) is 0 Å². The summed E-state index contributed by atoms with van der Waals surface area (Å²) >= 11 is 0. The second kappa shape index (κ2) is 11.5. The normalized spacial score (nSPS) is 21.6. The maximum absolute atomic E-state index is 12.4. The maximum atomic E-state index is 12.4. The fraction of sp³-hybridized carbons (Fsp3) is 0.269. The number of methoxy groups -OCH3 is 1. The quantitative estimate of drug-likeness (QED) is 0.158. The molecule has 0 heterocycles. The molecular weight excluding hydrogens is 488 g/mol. The van der Waals surface area contributed by atoms with Crippen LogP contribution in [-0.4, -0.2) is 68.4 Å². The molecule has 0 radical (unpaired) electrons. The lowest BCUT2D eigenvalue weighted by molar-refractivity contribution is -0.185. The Hall–Kier alpha value is -4.51. The van der Waals surface area contributed by atoms with E-state index < -0.39 is 35.7 Å². The van der Waals surface area contributed by atoms with E-state index >= 15 is 0 Å². The fourth-order valence-electron chi connectivity index (χ4n) is 3.86. The van der Waals surface area contributed by atoms with Gasteiger partial charge in [0, 0.05) is 31.4 Å². The molecule has 0 spiro atoms. The van der Waals surface area contributed by atoms with Gasteiger partial charge >= 0.3 is 17.9 Å². The van der Waals surface area contributed by atoms with E-state index in [0.717, 1.165) is 19.3 Å². The number of rotatable bonds is 7. The highest BCUT2D eigenvalue weighted by atomic mass is 16.6. The Bertz CT molecular complexity index is 1150. The lowest BCUT2D eigenvalue weighted by Gasteiger charge is -2.37. The van der Waals surface area contributed by atoms with Gasteiger partial charge in [0.05, 0.1) is 7.11 Å². The van der Waals surface area contributed by atoms with Crippen LogP contribution in [0.15, 0.2) is 48.6 Å². The topological polar surface area (TPSA) is 180 Å². The Morgan fingerprint density at radius 1 is 0.784 bits per heavy atom. The maximum Gasteiger partial charge on any atom is 0.338 e. The molecule has 0 aromatic heterocycles. The van der Waals surface area contributed by atoms with Crippen molar-refractivity contribution in [3.63, 3.8) is 0 Å². The third-order valence-corrected chi connectivity index (χ3v) is 5.61. The van der Waals surface area contributed by atoms with Gasteiger partial charge < -0.3 is 39.7 Å². The van der Waals surface area contributed by atoms with E-state index in [0.29, 0.717) is 11.1 Å². The van der Waals surface area contributed by atoms with Gasteiger partial charge in [0.2, 0.25) is 0 Å². The molecule has 2 aromatic rings. The molecule has 1 aliphatic rings. The van der Waals surface area contributed by atoms with Crippen molar-refractivity contribution in [1.82, 2.24) is 0 Å². The van der Waals surface area contributed by atoms with Crippen molar-refractivity contribution >= 4 is 30.1 Å². The van der Waals surface area contributed by atoms with Gasteiger partial charge in [0.1, 0.15) is 12.2 Å². The number of aromatic hydroxyl groups is 4. The minimum atomic E-state index is -2.07. The zero-order valence-electron chi connectivity index (χ0n) is 19.7. The summed E-state index contributed by atoms with van der Waals surface area (Å²) in [6.07, 6.45) is 2.23. The van der Waals surface area contributed by atoms with Gasteiger partial charge in [-0.1, -0.05) is 12.1 Å². The van der Waals surface area contributed by atoms with Gasteiger partial charge in [0.25, 0.3) is 0 Å². The molecule has 0 saturated heterocycles. The van der Waals surface area contributed by atoms with Gasteiger partial charge in [-0.3, -0.25) is 0 Å². The molecule has 0 aliphatic heterocycles. The number of esters is 3. The molecule has 1 aliphatic carbocycles. The number of hydrogen-bond donors (Lipinski definition) is 5. The highest BCUT2D eigenvalue weighted by Gasteiger charge is 2.48. The molecule has 5 N–H and O–H groups in total. The number of carbonyl (C=O) groups excluding carboxylic acids is 3. The molecule has 3 rings (SSSR count). The first-order valence-corrected chi connectivity index (χ1v) is 11.1. The number of benzene rings is 2. The SMILES string of the molecule is COC(=O)C1(O)C[C@@H](OC(=O)/C=C/c2ccc(O)c(O)c2)C[C@H](OC(=O)/C=C/c2ccc(O)c(O)c2)C1. The van der Waals surface area contributed by atoms with Crippen molar-refractivity contribution < 1.29 is 54.1 Å². The Labute approximate surface area is 211 Å². The third-order valence-electron chi connectivity index (χ3n) is 5.61. The van der Waals surface area contributed by atoms with Crippen LogP contribution in [-0.2, 0) is 28.6 Å². The van der Waals surface area contributed by atoms with Crippen LogP contribution in [0.1, 0.15) is 30.4 Å².